The van der Waals surface area contributed by atoms with E-state index in [9.17, 15) is 4.79 Å². The third-order valence-electron chi connectivity index (χ3n) is 5.28. The number of hydrogen-bond acceptors (Lipinski definition) is 3. The van der Waals surface area contributed by atoms with Crippen LogP contribution in [0.1, 0.15) is 56.8 Å². The molecule has 0 radical (unpaired) electrons. The molecule has 24 heavy (non-hydrogen) atoms. The topological polar surface area (TPSA) is 35.5 Å². The monoisotopic (exact) mass is 368 g/mol. The molecule has 134 valence electrons. The molecule has 1 saturated carbocycles. The van der Waals surface area contributed by atoms with Crippen molar-refractivity contribution in [1.29, 1.82) is 0 Å². The van der Waals surface area contributed by atoms with E-state index in [0.29, 0.717) is 22.4 Å². The van der Waals surface area contributed by atoms with Crippen LogP contribution in [0, 0.1) is 0 Å². The first-order valence-corrected chi connectivity index (χ1v) is 12.0. The van der Waals surface area contributed by atoms with Crippen molar-refractivity contribution in [3.63, 3.8) is 0 Å². The van der Waals surface area contributed by atoms with E-state index in [4.69, 9.17) is 20.8 Å². The van der Waals surface area contributed by atoms with Gasteiger partial charge in [-0.05, 0) is 62.0 Å². The summed E-state index contributed by atoms with van der Waals surface area (Å²) in [5, 5.41) is 0.790. The Morgan fingerprint density at radius 3 is 2.25 bits per heavy atom. The van der Waals surface area contributed by atoms with E-state index in [1.165, 1.54) is 0 Å². The van der Waals surface area contributed by atoms with E-state index in [1.807, 2.05) is 0 Å². The van der Waals surface area contributed by atoms with Crippen molar-refractivity contribution in [2.24, 2.45) is 0 Å². The molecule has 3 nitrogen and oxygen atoms in total. The number of benzene rings is 1. The first-order valence-electron chi connectivity index (χ1n) is 8.71. The van der Waals surface area contributed by atoms with E-state index >= 15 is 0 Å². The van der Waals surface area contributed by atoms with Gasteiger partial charge in [-0.2, -0.15) is 0 Å². The Labute approximate surface area is 151 Å². The Balaban J connectivity index is 1.91. The number of hydrogen-bond donors (Lipinski definition) is 0. The van der Waals surface area contributed by atoms with Crippen molar-refractivity contribution in [3.8, 4) is 5.75 Å². The van der Waals surface area contributed by atoms with E-state index in [2.05, 4.69) is 33.9 Å². The van der Waals surface area contributed by atoms with E-state index in [-0.39, 0.29) is 11.1 Å². The fourth-order valence-corrected chi connectivity index (χ4v) is 4.36. The lowest BCUT2D eigenvalue weighted by Gasteiger charge is -2.41. The number of rotatable bonds is 5. The van der Waals surface area contributed by atoms with Crippen LogP contribution in [0.3, 0.4) is 0 Å². The predicted octanol–water partition coefficient (Wildman–Crippen LogP) is 5.86. The number of ether oxygens (including phenoxy) is 1. The van der Waals surface area contributed by atoms with Crippen LogP contribution in [0.2, 0.25) is 23.2 Å². The smallest absolute Gasteiger partial charge is 0.192 e. The van der Waals surface area contributed by atoms with E-state index in [1.54, 1.807) is 18.2 Å². The number of carbonyl (C=O) groups is 1. The molecule has 0 heterocycles. The third-order valence-corrected chi connectivity index (χ3v) is 10.1. The highest BCUT2D eigenvalue weighted by atomic mass is 35.5. The van der Waals surface area contributed by atoms with Crippen molar-refractivity contribution >= 4 is 26.2 Å². The van der Waals surface area contributed by atoms with Gasteiger partial charge in [-0.1, -0.05) is 32.4 Å². The number of halogens is 1. The fraction of sp³-hybridized carbons (Fsp3) is 0.632. The summed E-state index contributed by atoms with van der Waals surface area (Å²) in [4.78, 5) is 11.2. The maximum Gasteiger partial charge on any atom is 0.192 e. The zero-order chi connectivity index (χ0) is 18.0. The minimum atomic E-state index is -1.71. The zero-order valence-electron chi connectivity index (χ0n) is 15.4. The minimum absolute atomic E-state index is 0.143. The molecule has 5 heteroatoms. The van der Waals surface area contributed by atoms with Crippen molar-refractivity contribution in [2.75, 3.05) is 0 Å². The van der Waals surface area contributed by atoms with E-state index < -0.39 is 8.32 Å². The van der Waals surface area contributed by atoms with Crippen molar-refractivity contribution < 1.29 is 14.0 Å². The average molecular weight is 369 g/mol. The van der Waals surface area contributed by atoms with Gasteiger partial charge >= 0.3 is 0 Å². The van der Waals surface area contributed by atoms with Crippen molar-refractivity contribution in [1.82, 2.24) is 0 Å². The lowest BCUT2D eigenvalue weighted by Crippen LogP contribution is -2.45. The molecule has 0 bridgehead atoms. The largest absolute Gasteiger partial charge is 0.490 e. The van der Waals surface area contributed by atoms with Gasteiger partial charge in [-0.15, -0.1) is 0 Å². The molecule has 1 aliphatic carbocycles. The molecule has 0 aromatic heterocycles. The van der Waals surface area contributed by atoms with E-state index in [0.717, 1.165) is 32.0 Å². The van der Waals surface area contributed by atoms with Crippen LogP contribution in [0.4, 0.5) is 0 Å². The Hall–Kier alpha value is -0.843. The molecular formula is C19H29ClO3Si. The highest BCUT2D eigenvalue weighted by molar-refractivity contribution is 6.74. The molecule has 0 amide bonds. The summed E-state index contributed by atoms with van der Waals surface area (Å²) in [6, 6.07) is 5.19. The fourth-order valence-electron chi connectivity index (χ4n) is 2.76. The third kappa shape index (κ3) is 4.84. The summed E-state index contributed by atoms with van der Waals surface area (Å²) < 4.78 is 12.6. The molecule has 1 aromatic rings. The lowest BCUT2D eigenvalue weighted by molar-refractivity contribution is 0.0719. The molecule has 0 saturated heterocycles. The summed E-state index contributed by atoms with van der Waals surface area (Å²) in [5.41, 5.74) is 0.516. The second-order valence-corrected chi connectivity index (χ2v) is 13.4. The zero-order valence-corrected chi connectivity index (χ0v) is 17.2. The van der Waals surface area contributed by atoms with Gasteiger partial charge in [0, 0.05) is 11.1 Å². The van der Waals surface area contributed by atoms with Gasteiger partial charge in [0.25, 0.3) is 0 Å². The van der Waals surface area contributed by atoms with Crippen LogP contribution in [0.15, 0.2) is 18.2 Å². The highest BCUT2D eigenvalue weighted by Crippen LogP contribution is 2.39. The van der Waals surface area contributed by atoms with Gasteiger partial charge in [0.1, 0.15) is 5.75 Å². The van der Waals surface area contributed by atoms with Gasteiger partial charge in [0.15, 0.2) is 14.6 Å². The van der Waals surface area contributed by atoms with Crippen LogP contribution >= 0.6 is 11.6 Å². The highest BCUT2D eigenvalue weighted by Gasteiger charge is 2.40. The van der Waals surface area contributed by atoms with Gasteiger partial charge in [0.05, 0.1) is 11.7 Å². The molecule has 1 aromatic carbocycles. The molecular weight excluding hydrogens is 340 g/mol. The van der Waals surface area contributed by atoms with Crippen LogP contribution in [-0.4, -0.2) is 26.8 Å². The molecule has 0 aliphatic heterocycles. The Bertz CT molecular complexity index is 572. The van der Waals surface area contributed by atoms with Crippen LogP contribution in [-0.2, 0) is 4.43 Å². The van der Waals surface area contributed by atoms with Gasteiger partial charge in [0.2, 0.25) is 0 Å². The Morgan fingerprint density at radius 1 is 1.12 bits per heavy atom. The first kappa shape index (κ1) is 19.5. The number of aldehydes is 1. The first-order chi connectivity index (χ1) is 11.1. The normalized spacial score (nSPS) is 22.2. The summed E-state index contributed by atoms with van der Waals surface area (Å²) in [5.74, 6) is 0.628. The van der Waals surface area contributed by atoms with Crippen LogP contribution in [0.5, 0.6) is 5.75 Å². The van der Waals surface area contributed by atoms with Gasteiger partial charge < -0.3 is 9.16 Å². The summed E-state index contributed by atoms with van der Waals surface area (Å²) in [7, 11) is -1.71. The van der Waals surface area contributed by atoms with Crippen LogP contribution < -0.4 is 4.74 Å². The maximum absolute atomic E-state index is 11.2. The quantitative estimate of drug-likeness (QED) is 0.482. The molecule has 2 rings (SSSR count). The molecule has 0 unspecified atom stereocenters. The van der Waals surface area contributed by atoms with Crippen molar-refractivity contribution in [3.05, 3.63) is 28.8 Å². The second-order valence-electron chi connectivity index (χ2n) is 8.19. The SMILES string of the molecule is CC(C)(C)[Si](C)(C)O[C@H]1CC[C@H](Oc2ccc(Cl)cc2C=O)CC1. The Kier molecular flexibility index (Phi) is 6.16. The average Bonchev–Trinajstić information content (AvgIpc) is 2.49. The molecule has 0 spiro atoms. The van der Waals surface area contributed by atoms with Crippen LogP contribution in [0.25, 0.3) is 0 Å². The van der Waals surface area contributed by atoms with Crippen molar-refractivity contribution in [2.45, 2.75) is 76.8 Å². The standard InChI is InChI=1S/C19H29ClO3Si/c1-19(2,3)24(4,5)23-17-9-7-16(8-10-17)22-18-11-6-15(20)12-14(18)13-21/h6,11-13,16-17H,7-10H2,1-5H3/t16-,17-. The second kappa shape index (κ2) is 7.59. The molecule has 1 fully saturated rings. The summed E-state index contributed by atoms with van der Waals surface area (Å²) in [6.45, 7) is 11.4. The summed E-state index contributed by atoms with van der Waals surface area (Å²) in [6.07, 6.45) is 5.22. The number of carbonyl (C=O) groups excluding carboxylic acids is 1. The summed E-state index contributed by atoms with van der Waals surface area (Å²) >= 11 is 5.93. The maximum atomic E-state index is 11.2. The Morgan fingerprint density at radius 2 is 1.71 bits per heavy atom. The lowest BCUT2D eigenvalue weighted by atomic mass is 9.95. The van der Waals surface area contributed by atoms with Gasteiger partial charge in [-0.25, -0.2) is 0 Å². The minimum Gasteiger partial charge on any atom is -0.490 e. The molecule has 0 atom stereocenters. The molecule has 0 N–H and O–H groups in total. The molecule has 1 aliphatic rings. The van der Waals surface area contributed by atoms with Gasteiger partial charge in [-0.3, -0.25) is 4.79 Å². The predicted molar refractivity (Wildman–Crippen MR) is 102 cm³/mol.